The summed E-state index contributed by atoms with van der Waals surface area (Å²) in [6.45, 7) is 5.57. The molecule has 1 saturated heterocycles. The molecule has 3 rings (SSSR count). The molecule has 0 bridgehead atoms. The standard InChI is InChI=1S/C20H22Cl2N2O2/c1-2-23-20(25)16-11-24(12-16)10-14-3-6-17(7-4-14)26-13-15-5-8-18(21)19(22)9-15/h3-9,16H,2,10-13H2,1H3,(H,23,25). The van der Waals surface area contributed by atoms with Crippen LogP contribution in [0.2, 0.25) is 10.0 Å². The zero-order valence-electron chi connectivity index (χ0n) is 14.7. The molecule has 138 valence electrons. The Hall–Kier alpha value is -1.75. The van der Waals surface area contributed by atoms with Gasteiger partial charge in [0.2, 0.25) is 5.91 Å². The highest BCUT2D eigenvalue weighted by atomic mass is 35.5. The van der Waals surface area contributed by atoms with Crippen molar-refractivity contribution in [3.05, 3.63) is 63.6 Å². The van der Waals surface area contributed by atoms with Crippen molar-refractivity contribution in [2.75, 3.05) is 19.6 Å². The fourth-order valence-electron chi connectivity index (χ4n) is 2.93. The Labute approximate surface area is 164 Å². The molecule has 26 heavy (non-hydrogen) atoms. The van der Waals surface area contributed by atoms with Crippen LogP contribution in [0.5, 0.6) is 5.75 Å². The van der Waals surface area contributed by atoms with Crippen LogP contribution in [-0.4, -0.2) is 30.4 Å². The quantitative estimate of drug-likeness (QED) is 0.769. The van der Waals surface area contributed by atoms with Gasteiger partial charge < -0.3 is 10.1 Å². The van der Waals surface area contributed by atoms with E-state index >= 15 is 0 Å². The second-order valence-electron chi connectivity index (χ2n) is 6.47. The molecule has 1 aliphatic rings. The summed E-state index contributed by atoms with van der Waals surface area (Å²) in [7, 11) is 0. The van der Waals surface area contributed by atoms with E-state index in [-0.39, 0.29) is 11.8 Å². The summed E-state index contributed by atoms with van der Waals surface area (Å²) < 4.78 is 5.79. The molecule has 1 heterocycles. The zero-order valence-corrected chi connectivity index (χ0v) is 16.2. The molecular formula is C20H22Cl2N2O2. The maximum Gasteiger partial charge on any atom is 0.225 e. The Morgan fingerprint density at radius 3 is 2.46 bits per heavy atom. The minimum atomic E-state index is 0.128. The molecular weight excluding hydrogens is 371 g/mol. The topological polar surface area (TPSA) is 41.6 Å². The normalized spacial score (nSPS) is 14.7. The summed E-state index contributed by atoms with van der Waals surface area (Å²) in [6, 6.07) is 13.5. The lowest BCUT2D eigenvalue weighted by molar-refractivity contribution is -0.130. The first-order valence-corrected chi connectivity index (χ1v) is 9.46. The van der Waals surface area contributed by atoms with Gasteiger partial charge in [-0.05, 0) is 42.3 Å². The van der Waals surface area contributed by atoms with Crippen LogP contribution in [0.15, 0.2) is 42.5 Å². The third kappa shape index (κ3) is 4.91. The van der Waals surface area contributed by atoms with E-state index < -0.39 is 0 Å². The van der Waals surface area contributed by atoms with Crippen LogP contribution >= 0.6 is 23.2 Å². The largest absolute Gasteiger partial charge is 0.489 e. The number of ether oxygens (including phenoxy) is 1. The smallest absolute Gasteiger partial charge is 0.225 e. The Bertz CT molecular complexity index is 759. The van der Waals surface area contributed by atoms with Gasteiger partial charge in [0.15, 0.2) is 0 Å². The van der Waals surface area contributed by atoms with Gasteiger partial charge >= 0.3 is 0 Å². The summed E-state index contributed by atoms with van der Waals surface area (Å²) in [5, 5.41) is 3.95. The molecule has 1 fully saturated rings. The third-order valence-corrected chi connectivity index (χ3v) is 5.14. The summed E-state index contributed by atoms with van der Waals surface area (Å²) >= 11 is 11.9. The van der Waals surface area contributed by atoms with E-state index in [1.54, 1.807) is 6.07 Å². The second-order valence-corrected chi connectivity index (χ2v) is 7.28. The number of benzene rings is 2. The molecule has 1 aliphatic heterocycles. The van der Waals surface area contributed by atoms with Crippen molar-refractivity contribution < 1.29 is 9.53 Å². The van der Waals surface area contributed by atoms with E-state index in [0.29, 0.717) is 23.2 Å². The summed E-state index contributed by atoms with van der Waals surface area (Å²) in [5.41, 5.74) is 2.18. The van der Waals surface area contributed by atoms with Crippen LogP contribution in [0, 0.1) is 5.92 Å². The van der Waals surface area contributed by atoms with E-state index in [2.05, 4.69) is 22.3 Å². The van der Waals surface area contributed by atoms with Gasteiger partial charge in [-0.15, -0.1) is 0 Å². The molecule has 0 unspecified atom stereocenters. The van der Waals surface area contributed by atoms with Gasteiger partial charge in [-0.3, -0.25) is 9.69 Å². The van der Waals surface area contributed by atoms with Crippen LogP contribution < -0.4 is 10.1 Å². The fourth-order valence-corrected chi connectivity index (χ4v) is 3.25. The van der Waals surface area contributed by atoms with Crippen LogP contribution in [0.1, 0.15) is 18.1 Å². The van der Waals surface area contributed by atoms with Crippen molar-refractivity contribution in [3.8, 4) is 5.75 Å². The molecule has 6 heteroatoms. The highest BCUT2D eigenvalue weighted by Crippen LogP contribution is 2.24. The lowest BCUT2D eigenvalue weighted by Gasteiger charge is -2.38. The van der Waals surface area contributed by atoms with Crippen molar-refractivity contribution in [1.29, 1.82) is 0 Å². The zero-order chi connectivity index (χ0) is 18.5. The SMILES string of the molecule is CCNC(=O)C1CN(Cc2ccc(OCc3ccc(Cl)c(Cl)c3)cc2)C1. The van der Waals surface area contributed by atoms with Crippen molar-refractivity contribution in [2.24, 2.45) is 5.92 Å². The number of likely N-dealkylation sites (tertiary alicyclic amines) is 1. The molecule has 1 amide bonds. The molecule has 2 aromatic rings. The van der Waals surface area contributed by atoms with Gasteiger partial charge in [0.05, 0.1) is 16.0 Å². The first-order chi connectivity index (χ1) is 12.5. The van der Waals surface area contributed by atoms with Crippen molar-refractivity contribution >= 4 is 29.1 Å². The Morgan fingerprint density at radius 1 is 1.12 bits per heavy atom. The second kappa shape index (κ2) is 8.76. The molecule has 0 aromatic heterocycles. The minimum absolute atomic E-state index is 0.128. The first-order valence-electron chi connectivity index (χ1n) is 8.71. The minimum Gasteiger partial charge on any atom is -0.489 e. The lowest BCUT2D eigenvalue weighted by Crippen LogP contribution is -2.52. The third-order valence-electron chi connectivity index (χ3n) is 4.40. The van der Waals surface area contributed by atoms with E-state index in [4.69, 9.17) is 27.9 Å². The lowest BCUT2D eigenvalue weighted by atomic mass is 9.98. The first kappa shape index (κ1) is 19.0. The molecule has 4 nitrogen and oxygen atoms in total. The van der Waals surface area contributed by atoms with Crippen molar-refractivity contribution in [3.63, 3.8) is 0 Å². The van der Waals surface area contributed by atoms with Crippen molar-refractivity contribution in [1.82, 2.24) is 10.2 Å². The van der Waals surface area contributed by atoms with Gasteiger partial charge in [0.25, 0.3) is 0 Å². The molecule has 0 saturated carbocycles. The van der Waals surface area contributed by atoms with Gasteiger partial charge in [-0.2, -0.15) is 0 Å². The van der Waals surface area contributed by atoms with Gasteiger partial charge in [-0.25, -0.2) is 0 Å². The van der Waals surface area contributed by atoms with Gasteiger partial charge in [0.1, 0.15) is 12.4 Å². The summed E-state index contributed by atoms with van der Waals surface area (Å²) in [4.78, 5) is 14.0. The molecule has 0 aliphatic carbocycles. The Kier molecular flexibility index (Phi) is 6.41. The number of nitrogens with one attached hydrogen (secondary N) is 1. The number of halogens is 2. The monoisotopic (exact) mass is 392 g/mol. The number of carbonyl (C=O) groups is 1. The van der Waals surface area contributed by atoms with Crippen LogP contribution in [0.3, 0.4) is 0 Å². The predicted octanol–water partition coefficient (Wildman–Crippen LogP) is 4.14. The van der Waals surface area contributed by atoms with E-state index in [1.165, 1.54) is 5.56 Å². The van der Waals surface area contributed by atoms with Crippen LogP contribution in [-0.2, 0) is 17.9 Å². The van der Waals surface area contributed by atoms with Crippen molar-refractivity contribution in [2.45, 2.75) is 20.1 Å². The van der Waals surface area contributed by atoms with Gasteiger partial charge in [-0.1, -0.05) is 41.4 Å². The highest BCUT2D eigenvalue weighted by molar-refractivity contribution is 6.42. The average molecular weight is 393 g/mol. The molecule has 0 spiro atoms. The van der Waals surface area contributed by atoms with Crippen LogP contribution in [0.4, 0.5) is 0 Å². The molecule has 0 atom stereocenters. The molecule has 0 radical (unpaired) electrons. The average Bonchev–Trinajstić information content (AvgIpc) is 2.60. The Balaban J connectivity index is 1.45. The number of carbonyl (C=O) groups excluding carboxylic acids is 1. The number of nitrogens with zero attached hydrogens (tertiary/aromatic N) is 1. The highest BCUT2D eigenvalue weighted by Gasteiger charge is 2.31. The summed E-state index contributed by atoms with van der Waals surface area (Å²) in [5.74, 6) is 1.10. The number of rotatable bonds is 7. The van der Waals surface area contributed by atoms with E-state index in [0.717, 1.165) is 30.9 Å². The predicted molar refractivity (Wildman–Crippen MR) is 105 cm³/mol. The van der Waals surface area contributed by atoms with Gasteiger partial charge in [0, 0.05) is 26.2 Å². The maximum atomic E-state index is 11.7. The van der Waals surface area contributed by atoms with E-state index in [9.17, 15) is 4.79 Å². The molecule has 2 aromatic carbocycles. The Morgan fingerprint density at radius 2 is 1.81 bits per heavy atom. The number of hydrogen-bond donors (Lipinski definition) is 1. The van der Waals surface area contributed by atoms with Crippen LogP contribution in [0.25, 0.3) is 0 Å². The van der Waals surface area contributed by atoms with E-state index in [1.807, 2.05) is 31.2 Å². The number of hydrogen-bond acceptors (Lipinski definition) is 3. The molecule has 1 N–H and O–H groups in total. The maximum absolute atomic E-state index is 11.7. The fraction of sp³-hybridized carbons (Fsp3) is 0.350. The summed E-state index contributed by atoms with van der Waals surface area (Å²) in [6.07, 6.45) is 0. The number of amides is 1.